The number of aliphatic hydroxyl groups is 1. The second-order valence-electron chi connectivity index (χ2n) is 2.80. The maximum Gasteiger partial charge on any atom is 0.353 e. The highest BCUT2D eigenvalue weighted by molar-refractivity contribution is 7.95. The molecule has 88 valence electrons. The molecule has 7 heteroatoms. The Labute approximate surface area is 88.8 Å². The Balaban J connectivity index is 5.25. The molecule has 0 saturated heterocycles. The van der Waals surface area contributed by atoms with E-state index in [1.165, 1.54) is 7.05 Å². The molecule has 0 amide bonds. The second kappa shape index (κ2) is 5.72. The lowest BCUT2D eigenvalue weighted by atomic mass is 10.4. The molecule has 6 nitrogen and oxygen atoms in total. The van der Waals surface area contributed by atoms with Crippen molar-refractivity contribution in [3.05, 3.63) is 10.7 Å². The Bertz CT molecular complexity index is 357. The molecule has 0 aliphatic heterocycles. The molecule has 0 fully saturated rings. The van der Waals surface area contributed by atoms with E-state index in [4.69, 9.17) is 0 Å². The summed E-state index contributed by atoms with van der Waals surface area (Å²) in [6.07, 6.45) is 0.838. The molecule has 0 bridgehead atoms. The molecular weight excluding hydrogens is 222 g/mol. The lowest BCUT2D eigenvalue weighted by molar-refractivity contribution is -0.137. The van der Waals surface area contributed by atoms with Gasteiger partial charge in [0.25, 0.3) is 0 Å². The third kappa shape index (κ3) is 4.30. The van der Waals surface area contributed by atoms with Gasteiger partial charge in [-0.2, -0.15) is 0 Å². The molecule has 0 saturated carbocycles. The second-order valence-corrected chi connectivity index (χ2v) is 4.75. The molecule has 0 radical (unpaired) electrons. The minimum Gasteiger partial charge on any atom is -0.509 e. The third-order valence-corrected chi connectivity index (χ3v) is 2.58. The molecule has 2 N–H and O–H groups in total. The van der Waals surface area contributed by atoms with Gasteiger partial charge in [0.2, 0.25) is 0 Å². The quantitative estimate of drug-likeness (QED) is 0.383. The van der Waals surface area contributed by atoms with Crippen molar-refractivity contribution in [2.45, 2.75) is 6.92 Å². The largest absolute Gasteiger partial charge is 0.509 e. The van der Waals surface area contributed by atoms with E-state index in [2.05, 4.69) is 10.1 Å². The summed E-state index contributed by atoms with van der Waals surface area (Å²) in [4.78, 5) is 10.6. The van der Waals surface area contributed by atoms with E-state index >= 15 is 0 Å². The minimum absolute atomic E-state index is 0.0463. The van der Waals surface area contributed by atoms with Crippen molar-refractivity contribution in [1.29, 1.82) is 0 Å². The molecule has 15 heavy (non-hydrogen) atoms. The first kappa shape index (κ1) is 13.9. The zero-order valence-electron chi connectivity index (χ0n) is 8.90. The van der Waals surface area contributed by atoms with Crippen LogP contribution in [0.2, 0.25) is 0 Å². The van der Waals surface area contributed by atoms with Gasteiger partial charge in [-0.05, 0) is 14.0 Å². The van der Waals surface area contributed by atoms with Gasteiger partial charge >= 0.3 is 5.97 Å². The van der Waals surface area contributed by atoms with E-state index < -0.39 is 26.5 Å². The van der Waals surface area contributed by atoms with E-state index in [9.17, 15) is 18.3 Å². The SMILES string of the molecule is CCOC(=O)/C(=C(\O)CNC)S(C)(=O)=O. The van der Waals surface area contributed by atoms with E-state index in [0.29, 0.717) is 0 Å². The van der Waals surface area contributed by atoms with Crippen LogP contribution in [0.1, 0.15) is 6.92 Å². The topological polar surface area (TPSA) is 92.7 Å². The number of carbonyl (C=O) groups is 1. The number of hydrogen-bond acceptors (Lipinski definition) is 6. The smallest absolute Gasteiger partial charge is 0.353 e. The van der Waals surface area contributed by atoms with Gasteiger partial charge in [0.05, 0.1) is 13.2 Å². The van der Waals surface area contributed by atoms with E-state index in [0.717, 1.165) is 6.26 Å². The highest BCUT2D eigenvalue weighted by atomic mass is 32.2. The summed E-state index contributed by atoms with van der Waals surface area (Å²) in [5.74, 6) is -1.58. The Kier molecular flexibility index (Phi) is 5.31. The number of aliphatic hydroxyl groups excluding tert-OH is 1. The summed E-state index contributed by atoms with van der Waals surface area (Å²) in [5, 5.41) is 11.9. The van der Waals surface area contributed by atoms with Crippen molar-refractivity contribution in [3.8, 4) is 0 Å². The first-order chi connectivity index (χ1) is 6.84. The van der Waals surface area contributed by atoms with Gasteiger partial charge in [-0.15, -0.1) is 0 Å². The molecule has 0 heterocycles. The van der Waals surface area contributed by atoms with Crippen molar-refractivity contribution < 1.29 is 23.1 Å². The molecule has 0 rings (SSSR count). The van der Waals surface area contributed by atoms with E-state index in [1.54, 1.807) is 6.92 Å². The Morgan fingerprint density at radius 1 is 1.47 bits per heavy atom. The lowest BCUT2D eigenvalue weighted by Gasteiger charge is -2.07. The van der Waals surface area contributed by atoms with Gasteiger partial charge in [-0.3, -0.25) is 0 Å². The number of hydrogen-bond donors (Lipinski definition) is 2. The minimum atomic E-state index is -3.79. The summed E-state index contributed by atoms with van der Waals surface area (Å²) >= 11 is 0. The van der Waals surface area contributed by atoms with E-state index in [-0.39, 0.29) is 13.2 Å². The van der Waals surface area contributed by atoms with Crippen molar-refractivity contribution in [3.63, 3.8) is 0 Å². The molecule has 0 spiro atoms. The van der Waals surface area contributed by atoms with Gasteiger partial charge < -0.3 is 15.2 Å². The molecule has 0 aromatic rings. The van der Waals surface area contributed by atoms with Gasteiger partial charge in [-0.25, -0.2) is 13.2 Å². The lowest BCUT2D eigenvalue weighted by Crippen LogP contribution is -2.22. The van der Waals surface area contributed by atoms with Gasteiger partial charge in [-0.1, -0.05) is 0 Å². The number of ether oxygens (including phenoxy) is 1. The molecule has 0 unspecified atom stereocenters. The zero-order chi connectivity index (χ0) is 12.1. The van der Waals surface area contributed by atoms with Crippen LogP contribution < -0.4 is 5.32 Å². The maximum absolute atomic E-state index is 11.3. The molecule has 0 atom stereocenters. The summed E-state index contributed by atoms with van der Waals surface area (Å²) < 4.78 is 27.0. The van der Waals surface area contributed by atoms with Gasteiger partial charge in [0.15, 0.2) is 14.7 Å². The van der Waals surface area contributed by atoms with Crippen LogP contribution in [0.3, 0.4) is 0 Å². The first-order valence-corrected chi connectivity index (χ1v) is 6.17. The van der Waals surface area contributed by atoms with Crippen molar-refractivity contribution in [2.75, 3.05) is 26.5 Å². The van der Waals surface area contributed by atoms with Crippen LogP contribution in [0.25, 0.3) is 0 Å². The Morgan fingerprint density at radius 2 is 2.00 bits per heavy atom. The Hall–Kier alpha value is -1.08. The van der Waals surface area contributed by atoms with Crippen molar-refractivity contribution in [1.82, 2.24) is 5.32 Å². The fraction of sp³-hybridized carbons (Fsp3) is 0.625. The number of carbonyl (C=O) groups excluding carboxylic acids is 1. The third-order valence-electron chi connectivity index (χ3n) is 1.44. The summed E-state index contributed by atoms with van der Waals surface area (Å²) in [5.41, 5.74) is 0. The standard InChI is InChI=1S/C8H15NO5S/c1-4-14-8(11)7(15(3,12)13)6(10)5-9-2/h9-10H,4-5H2,1-3H3/b7-6+. The van der Waals surface area contributed by atoms with Crippen LogP contribution in [0, 0.1) is 0 Å². The van der Waals surface area contributed by atoms with Crippen LogP contribution in [0.5, 0.6) is 0 Å². The predicted molar refractivity (Wildman–Crippen MR) is 55.1 cm³/mol. The number of likely N-dealkylation sites (N-methyl/N-ethyl adjacent to an activating group) is 1. The van der Waals surface area contributed by atoms with Crippen LogP contribution in [-0.2, 0) is 19.4 Å². The van der Waals surface area contributed by atoms with Crippen LogP contribution in [0.15, 0.2) is 10.7 Å². The fourth-order valence-electron chi connectivity index (χ4n) is 0.928. The molecular formula is C8H15NO5S. The van der Waals surface area contributed by atoms with Crippen molar-refractivity contribution >= 4 is 15.8 Å². The summed E-state index contributed by atoms with van der Waals surface area (Å²) in [6.45, 7) is 1.48. The monoisotopic (exact) mass is 237 g/mol. The van der Waals surface area contributed by atoms with Crippen LogP contribution in [0.4, 0.5) is 0 Å². The zero-order valence-corrected chi connectivity index (χ0v) is 9.72. The number of sulfone groups is 1. The van der Waals surface area contributed by atoms with Crippen LogP contribution in [-0.4, -0.2) is 45.9 Å². The van der Waals surface area contributed by atoms with Crippen LogP contribution >= 0.6 is 0 Å². The molecule has 0 aliphatic rings. The number of esters is 1. The highest BCUT2D eigenvalue weighted by Crippen LogP contribution is 2.11. The molecule has 0 aromatic carbocycles. The summed E-state index contributed by atoms with van der Waals surface area (Å²) in [6, 6.07) is 0. The summed E-state index contributed by atoms with van der Waals surface area (Å²) in [7, 11) is -2.28. The van der Waals surface area contributed by atoms with Gasteiger partial charge in [0, 0.05) is 6.26 Å². The Morgan fingerprint density at radius 3 is 2.33 bits per heavy atom. The van der Waals surface area contributed by atoms with E-state index in [1.807, 2.05) is 0 Å². The first-order valence-electron chi connectivity index (χ1n) is 4.28. The molecule has 0 aromatic heterocycles. The highest BCUT2D eigenvalue weighted by Gasteiger charge is 2.26. The normalized spacial score (nSPS) is 13.3. The average molecular weight is 237 g/mol. The fourth-order valence-corrected chi connectivity index (χ4v) is 1.79. The van der Waals surface area contributed by atoms with Gasteiger partial charge in [0.1, 0.15) is 5.76 Å². The average Bonchev–Trinajstić information content (AvgIpc) is 2.01. The van der Waals surface area contributed by atoms with Crippen molar-refractivity contribution in [2.24, 2.45) is 0 Å². The molecule has 0 aliphatic carbocycles. The predicted octanol–water partition coefficient (Wildman–Crippen LogP) is -0.417. The number of rotatable bonds is 5. The maximum atomic E-state index is 11.3. The number of nitrogens with one attached hydrogen (secondary N) is 1.